The van der Waals surface area contributed by atoms with Crippen LogP contribution < -0.4 is 5.73 Å². The first-order chi connectivity index (χ1) is 6.25. The van der Waals surface area contributed by atoms with E-state index in [-0.39, 0.29) is 0 Å². The zero-order chi connectivity index (χ0) is 9.68. The van der Waals surface area contributed by atoms with Gasteiger partial charge in [-0.1, -0.05) is 6.92 Å². The van der Waals surface area contributed by atoms with Crippen LogP contribution in [0.4, 0.5) is 5.82 Å². The first-order valence-electron chi connectivity index (χ1n) is 4.30. The molecule has 0 radical (unpaired) electrons. The molecule has 2 N–H and O–H groups in total. The number of nitrogen functional groups attached to an aromatic ring is 1. The maximum Gasteiger partial charge on any atom is 0.136 e. The van der Waals surface area contributed by atoms with Crippen molar-refractivity contribution >= 4 is 33.5 Å². The van der Waals surface area contributed by atoms with Crippen molar-refractivity contribution < 1.29 is 0 Å². The predicted molar refractivity (Wildman–Crippen MR) is 62.0 cm³/mol. The van der Waals surface area contributed by atoms with Gasteiger partial charge in [0.25, 0.3) is 0 Å². The molecule has 0 amide bonds. The summed E-state index contributed by atoms with van der Waals surface area (Å²) in [7, 11) is 0. The largest absolute Gasteiger partial charge is 0.383 e. The molecule has 0 saturated heterocycles. The zero-order valence-corrected chi connectivity index (χ0v) is 10.1. The normalized spacial score (nSPS) is 10.6. The second-order valence-corrected chi connectivity index (χ2v) is 4.90. The van der Waals surface area contributed by atoms with Crippen molar-refractivity contribution in [1.29, 1.82) is 0 Å². The van der Waals surface area contributed by atoms with Crippen molar-refractivity contribution in [3.8, 4) is 0 Å². The van der Waals surface area contributed by atoms with Crippen LogP contribution in [0.25, 0.3) is 0 Å². The van der Waals surface area contributed by atoms with Gasteiger partial charge in [-0.05, 0) is 33.9 Å². The smallest absolute Gasteiger partial charge is 0.136 e. The Kier molecular flexibility index (Phi) is 4.66. The summed E-state index contributed by atoms with van der Waals surface area (Å²) < 4.78 is 2.72. The highest BCUT2D eigenvalue weighted by molar-refractivity contribution is 9.10. The SMILES string of the molecule is CCSCCCn1ncc(Br)c1N. The van der Waals surface area contributed by atoms with Crippen LogP contribution in [0.5, 0.6) is 0 Å². The standard InChI is InChI=1S/C8H14BrN3S/c1-2-13-5-3-4-12-8(10)7(9)6-11-12/h6H,2-5,10H2,1H3. The zero-order valence-electron chi connectivity index (χ0n) is 7.66. The van der Waals surface area contributed by atoms with Gasteiger partial charge in [0.05, 0.1) is 10.7 Å². The second kappa shape index (κ2) is 5.54. The van der Waals surface area contributed by atoms with Crippen LogP contribution in [0.2, 0.25) is 0 Å². The lowest BCUT2D eigenvalue weighted by Gasteiger charge is -2.03. The van der Waals surface area contributed by atoms with Gasteiger partial charge >= 0.3 is 0 Å². The van der Waals surface area contributed by atoms with Gasteiger partial charge in [0.1, 0.15) is 5.82 Å². The quantitative estimate of drug-likeness (QED) is 0.830. The predicted octanol–water partition coefficient (Wildman–Crippen LogP) is 2.37. The minimum atomic E-state index is 0.724. The molecule has 1 aromatic rings. The summed E-state index contributed by atoms with van der Waals surface area (Å²) in [5.74, 6) is 3.08. The maximum absolute atomic E-state index is 5.76. The van der Waals surface area contributed by atoms with E-state index in [2.05, 4.69) is 28.0 Å². The molecule has 0 fully saturated rings. The highest BCUT2D eigenvalue weighted by atomic mass is 79.9. The third-order valence-corrected chi connectivity index (χ3v) is 3.29. The maximum atomic E-state index is 5.76. The van der Waals surface area contributed by atoms with E-state index in [1.54, 1.807) is 6.20 Å². The number of aromatic nitrogens is 2. The Morgan fingerprint density at radius 1 is 1.69 bits per heavy atom. The fourth-order valence-electron chi connectivity index (χ4n) is 1.01. The van der Waals surface area contributed by atoms with Gasteiger partial charge < -0.3 is 5.73 Å². The molecule has 74 valence electrons. The number of nitrogens with two attached hydrogens (primary N) is 1. The minimum Gasteiger partial charge on any atom is -0.383 e. The summed E-state index contributed by atoms with van der Waals surface area (Å²) in [4.78, 5) is 0. The number of halogens is 1. The van der Waals surface area contributed by atoms with Crippen LogP contribution in [-0.4, -0.2) is 21.3 Å². The molecule has 1 rings (SSSR count). The molecular weight excluding hydrogens is 250 g/mol. The molecule has 0 spiro atoms. The van der Waals surface area contributed by atoms with Crippen LogP contribution in [0, 0.1) is 0 Å². The number of nitrogens with zero attached hydrogens (tertiary/aromatic N) is 2. The Hall–Kier alpha value is -0.160. The van der Waals surface area contributed by atoms with Gasteiger partial charge in [-0.15, -0.1) is 0 Å². The molecule has 3 nitrogen and oxygen atoms in total. The van der Waals surface area contributed by atoms with Gasteiger partial charge in [0.15, 0.2) is 0 Å². The monoisotopic (exact) mass is 263 g/mol. The van der Waals surface area contributed by atoms with Crippen molar-refractivity contribution in [3.05, 3.63) is 10.7 Å². The van der Waals surface area contributed by atoms with E-state index in [9.17, 15) is 0 Å². The van der Waals surface area contributed by atoms with Gasteiger partial charge in [-0.25, -0.2) is 4.68 Å². The van der Waals surface area contributed by atoms with Crippen LogP contribution in [0.3, 0.4) is 0 Å². The highest BCUT2D eigenvalue weighted by Gasteiger charge is 2.02. The van der Waals surface area contributed by atoms with E-state index in [1.165, 1.54) is 11.5 Å². The molecule has 0 aliphatic rings. The molecule has 0 aliphatic carbocycles. The third kappa shape index (κ3) is 3.23. The fourth-order valence-corrected chi connectivity index (χ4v) is 1.93. The lowest BCUT2D eigenvalue weighted by molar-refractivity contribution is 0.615. The number of anilines is 1. The molecule has 5 heteroatoms. The number of hydrogen-bond acceptors (Lipinski definition) is 3. The van der Waals surface area contributed by atoms with Gasteiger partial charge in [0.2, 0.25) is 0 Å². The Labute approximate surface area is 91.2 Å². The van der Waals surface area contributed by atoms with Crippen molar-refractivity contribution in [2.75, 3.05) is 17.2 Å². The van der Waals surface area contributed by atoms with Gasteiger partial charge in [0, 0.05) is 6.54 Å². The molecule has 13 heavy (non-hydrogen) atoms. The number of rotatable bonds is 5. The topological polar surface area (TPSA) is 43.8 Å². The first kappa shape index (κ1) is 10.9. The van der Waals surface area contributed by atoms with E-state index < -0.39 is 0 Å². The van der Waals surface area contributed by atoms with Crippen molar-refractivity contribution in [2.24, 2.45) is 0 Å². The summed E-state index contributed by atoms with van der Waals surface area (Å²) in [6, 6.07) is 0. The molecule has 0 saturated carbocycles. The number of hydrogen-bond donors (Lipinski definition) is 1. The number of thioether (sulfide) groups is 1. The summed E-state index contributed by atoms with van der Waals surface area (Å²) in [5, 5.41) is 4.15. The van der Waals surface area contributed by atoms with Gasteiger partial charge in [-0.3, -0.25) is 0 Å². The lowest BCUT2D eigenvalue weighted by atomic mass is 10.5. The third-order valence-electron chi connectivity index (χ3n) is 1.70. The minimum absolute atomic E-state index is 0.724. The van der Waals surface area contributed by atoms with Crippen LogP contribution in [0.15, 0.2) is 10.7 Å². The van der Waals surface area contributed by atoms with Gasteiger partial charge in [-0.2, -0.15) is 16.9 Å². The van der Waals surface area contributed by atoms with Crippen LogP contribution in [0.1, 0.15) is 13.3 Å². The van der Waals surface area contributed by atoms with E-state index in [0.29, 0.717) is 0 Å². The van der Waals surface area contributed by atoms with Crippen molar-refractivity contribution in [2.45, 2.75) is 19.9 Å². The Balaban J connectivity index is 2.32. The summed E-state index contributed by atoms with van der Waals surface area (Å²) >= 11 is 5.27. The molecule has 0 aromatic carbocycles. The van der Waals surface area contributed by atoms with E-state index >= 15 is 0 Å². The van der Waals surface area contributed by atoms with Crippen LogP contribution in [-0.2, 0) is 6.54 Å². The average molecular weight is 264 g/mol. The first-order valence-corrected chi connectivity index (χ1v) is 6.25. The lowest BCUT2D eigenvalue weighted by Crippen LogP contribution is -2.05. The van der Waals surface area contributed by atoms with E-state index in [1.807, 2.05) is 16.4 Å². The van der Waals surface area contributed by atoms with E-state index in [0.717, 1.165) is 23.3 Å². The summed E-state index contributed by atoms with van der Waals surface area (Å²) in [5.41, 5.74) is 5.76. The van der Waals surface area contributed by atoms with Crippen LogP contribution >= 0.6 is 27.7 Å². The fraction of sp³-hybridized carbons (Fsp3) is 0.625. The average Bonchev–Trinajstić information content (AvgIpc) is 2.43. The second-order valence-electron chi connectivity index (χ2n) is 2.65. The molecule has 1 heterocycles. The highest BCUT2D eigenvalue weighted by Crippen LogP contribution is 2.18. The molecule has 0 atom stereocenters. The summed E-state index contributed by atoms with van der Waals surface area (Å²) in [6.07, 6.45) is 2.86. The Morgan fingerprint density at radius 3 is 3.00 bits per heavy atom. The van der Waals surface area contributed by atoms with Crippen molar-refractivity contribution in [1.82, 2.24) is 9.78 Å². The summed E-state index contributed by atoms with van der Waals surface area (Å²) in [6.45, 7) is 3.08. The molecule has 1 aromatic heterocycles. The van der Waals surface area contributed by atoms with E-state index in [4.69, 9.17) is 5.73 Å². The number of aryl methyl sites for hydroxylation is 1. The molecule has 0 aliphatic heterocycles. The molecular formula is C8H14BrN3S. The van der Waals surface area contributed by atoms with Crippen molar-refractivity contribution in [3.63, 3.8) is 0 Å². The molecule has 0 unspecified atom stereocenters. The Morgan fingerprint density at radius 2 is 2.46 bits per heavy atom. The molecule has 0 bridgehead atoms. The Bertz CT molecular complexity index is 262.